The van der Waals surface area contributed by atoms with Gasteiger partial charge in [0.2, 0.25) is 24.0 Å². The number of methoxy groups -OCH3 is 1. The number of primary amides is 2. The Labute approximate surface area is 484 Å². The van der Waals surface area contributed by atoms with Gasteiger partial charge in [0, 0.05) is 55.6 Å². The first kappa shape index (κ1) is 64.4. The third kappa shape index (κ3) is 16.9. The number of nitrogens with one attached hydrogen (secondary N) is 5. The fourth-order valence-corrected chi connectivity index (χ4v) is 9.48. The molecule has 11 N–H and O–H groups in total. The Balaban J connectivity index is 1.08. The molecule has 1 fully saturated rings. The van der Waals surface area contributed by atoms with Gasteiger partial charge in [0.1, 0.15) is 41.9 Å². The molecule has 0 radical (unpaired) electrons. The van der Waals surface area contributed by atoms with E-state index in [0.717, 1.165) is 10.5 Å². The number of nitrogens with two attached hydrogens (primary N) is 2. The number of fused-ring (bicyclic) bond motifs is 1. The standard InChI is InChI=1S/C59H74N8O17/c1-31(2)15-18-35-29-36(52(73)66-46-47(71)38-22-24-40(33(5)49(38)82-55(46)76)81-56-48(72)50(83-58(61)78)51(79-8)59(6,7)84-56)19-23-41(35)80-30-34-16-20-37(21-17-34)63-53(74)39(13-12-27-62-57(60)77)64-54(75)45(32(3)4)65-42(68)14-10-9-11-28-67-43(69)25-26-44(67)70/h15-17,19-26,29,32,39,45,48,50-51,56,71-72H,9-14,18,27-28,30H2,1-8H3,(H2,61,78)(H,63,74)(H,64,75)(H,65,68)(H,66,73)(H3,60,62,77)/t39-,45?,48+,50-,51+,56+/m0/s1. The van der Waals surface area contributed by atoms with Gasteiger partial charge in [-0.2, -0.15) is 0 Å². The second-order valence-electron chi connectivity index (χ2n) is 21.4. The average molecular weight is 1170 g/mol. The molecule has 2 aliphatic rings. The number of allylic oxidation sites excluding steroid dienone is 2. The van der Waals surface area contributed by atoms with E-state index in [-0.39, 0.29) is 90.4 Å². The fourth-order valence-electron chi connectivity index (χ4n) is 9.48. The number of carbonyl (C=O) groups excluding carboxylic acids is 8. The van der Waals surface area contributed by atoms with Gasteiger partial charge < -0.3 is 76.4 Å². The highest BCUT2D eigenvalue weighted by atomic mass is 16.7. The average Bonchev–Trinajstić information content (AvgIpc) is 1.58. The summed E-state index contributed by atoms with van der Waals surface area (Å²) < 4.78 is 34.5. The summed E-state index contributed by atoms with van der Waals surface area (Å²) in [7, 11) is 1.35. The first-order valence-corrected chi connectivity index (χ1v) is 27.4. The van der Waals surface area contributed by atoms with E-state index in [9.17, 15) is 53.4 Å². The number of aliphatic hydroxyl groups excluding tert-OH is 1. The molecule has 3 heterocycles. The van der Waals surface area contributed by atoms with Crippen molar-refractivity contribution in [3.05, 3.63) is 111 Å². The van der Waals surface area contributed by atoms with Crippen LogP contribution in [0, 0.1) is 12.8 Å². The zero-order valence-corrected chi connectivity index (χ0v) is 48.2. The summed E-state index contributed by atoms with van der Waals surface area (Å²) in [6.07, 6.45) is 0.384. The summed E-state index contributed by atoms with van der Waals surface area (Å²) in [5.41, 5.74) is 10.7. The van der Waals surface area contributed by atoms with Crippen LogP contribution in [0.25, 0.3) is 11.0 Å². The van der Waals surface area contributed by atoms with Crippen molar-refractivity contribution in [2.24, 2.45) is 17.4 Å². The maximum absolute atomic E-state index is 13.8. The molecular weight excluding hydrogens is 1090 g/mol. The van der Waals surface area contributed by atoms with Crippen LogP contribution in [-0.2, 0) is 51.2 Å². The molecule has 0 saturated carbocycles. The van der Waals surface area contributed by atoms with Gasteiger partial charge in [0.05, 0.1) is 11.0 Å². The highest BCUT2D eigenvalue weighted by Gasteiger charge is 2.53. The van der Waals surface area contributed by atoms with E-state index < -0.39 is 89.2 Å². The number of carbonyl (C=O) groups is 8. The second-order valence-corrected chi connectivity index (χ2v) is 21.4. The zero-order valence-electron chi connectivity index (χ0n) is 48.2. The lowest BCUT2D eigenvalue weighted by Crippen LogP contribution is -2.65. The number of nitrogens with zero attached hydrogens (tertiary/aromatic N) is 1. The summed E-state index contributed by atoms with van der Waals surface area (Å²) in [6.45, 7) is 12.6. The third-order valence-corrected chi connectivity index (χ3v) is 14.0. The molecular formula is C59H74N8O17. The monoisotopic (exact) mass is 1170 g/mol. The van der Waals surface area contributed by atoms with Crippen LogP contribution >= 0.6 is 0 Å². The minimum Gasteiger partial charge on any atom is -0.505 e. The molecule has 0 aliphatic carbocycles. The maximum Gasteiger partial charge on any atom is 0.404 e. The number of anilines is 2. The van der Waals surface area contributed by atoms with Gasteiger partial charge in [-0.1, -0.05) is 44.1 Å². The summed E-state index contributed by atoms with van der Waals surface area (Å²) in [4.78, 5) is 116. The SMILES string of the molecule is CO[C@@H]1[C@@H](OC(N)=O)[C@@H](O)[C@H](Oc2ccc3c(O)c(NC(=O)c4ccc(OCc5ccc(NC(=O)[C@H](CCCNC(N)=O)NC(=O)C(NC(=O)CCCCCN6C(=O)C=CC6=O)C(C)C)cc5)c(CC=C(C)C)c4)c(=O)oc3c2C)OC1(C)C. The normalized spacial score (nSPS) is 17.9. The first-order valence-electron chi connectivity index (χ1n) is 27.4. The maximum atomic E-state index is 13.8. The molecule has 3 aromatic carbocycles. The lowest BCUT2D eigenvalue weighted by atomic mass is 9.89. The molecule has 1 unspecified atom stereocenters. The zero-order chi connectivity index (χ0) is 61.6. The van der Waals surface area contributed by atoms with Crippen molar-refractivity contribution in [1.82, 2.24) is 20.9 Å². The van der Waals surface area contributed by atoms with Crippen LogP contribution < -0.4 is 53.2 Å². The number of hydrogen-bond acceptors (Lipinski definition) is 17. The van der Waals surface area contributed by atoms with Crippen molar-refractivity contribution in [2.45, 2.75) is 142 Å². The van der Waals surface area contributed by atoms with Gasteiger partial charge in [0.25, 0.3) is 17.7 Å². The molecule has 4 aromatic rings. The van der Waals surface area contributed by atoms with Crippen LogP contribution in [0.4, 0.5) is 21.0 Å². The summed E-state index contributed by atoms with van der Waals surface area (Å²) >= 11 is 0. The van der Waals surface area contributed by atoms with Gasteiger partial charge in [-0.25, -0.2) is 14.4 Å². The number of imide groups is 1. The molecule has 84 heavy (non-hydrogen) atoms. The number of amides is 9. The number of ether oxygens (including phenoxy) is 5. The minimum absolute atomic E-state index is 0.0472. The van der Waals surface area contributed by atoms with E-state index in [2.05, 4.69) is 26.6 Å². The van der Waals surface area contributed by atoms with Gasteiger partial charge in [0.15, 0.2) is 23.6 Å². The van der Waals surface area contributed by atoms with E-state index in [4.69, 9.17) is 39.6 Å². The van der Waals surface area contributed by atoms with Crippen LogP contribution in [0.1, 0.15) is 107 Å². The van der Waals surface area contributed by atoms with E-state index in [1.54, 1.807) is 64.1 Å². The van der Waals surface area contributed by atoms with Crippen molar-refractivity contribution >= 4 is 69.9 Å². The number of aromatic hydroxyl groups is 1. The molecule has 2 aliphatic heterocycles. The smallest absolute Gasteiger partial charge is 0.404 e. The van der Waals surface area contributed by atoms with E-state index in [1.165, 1.54) is 44.4 Å². The molecule has 6 atom stereocenters. The van der Waals surface area contributed by atoms with E-state index in [0.29, 0.717) is 48.2 Å². The number of urea groups is 1. The van der Waals surface area contributed by atoms with Crippen molar-refractivity contribution in [2.75, 3.05) is 30.8 Å². The number of unbranched alkanes of at least 4 members (excludes halogenated alkanes) is 2. The molecule has 25 heteroatoms. The Morgan fingerprint density at radius 2 is 1.56 bits per heavy atom. The summed E-state index contributed by atoms with van der Waals surface area (Å²) in [6, 6.07) is 11.5. The lowest BCUT2D eigenvalue weighted by molar-refractivity contribution is -0.304. The molecule has 1 aromatic heterocycles. The van der Waals surface area contributed by atoms with Crippen LogP contribution in [0.2, 0.25) is 0 Å². The molecule has 25 nitrogen and oxygen atoms in total. The van der Waals surface area contributed by atoms with Crippen LogP contribution in [0.3, 0.4) is 0 Å². The summed E-state index contributed by atoms with van der Waals surface area (Å²) in [5.74, 6) is -3.43. The van der Waals surface area contributed by atoms with Crippen LogP contribution in [-0.4, -0.2) is 125 Å². The third-order valence-electron chi connectivity index (χ3n) is 14.0. The second kappa shape index (κ2) is 28.9. The van der Waals surface area contributed by atoms with E-state index in [1.807, 2.05) is 19.9 Å². The Hall–Kier alpha value is -8.81. The fraction of sp³-hybridized carbons (Fsp3) is 0.441. The molecule has 1 saturated heterocycles. The van der Waals surface area contributed by atoms with Crippen molar-refractivity contribution in [3.63, 3.8) is 0 Å². The highest BCUT2D eigenvalue weighted by molar-refractivity contribution is 6.13. The minimum atomic E-state index is -1.57. The number of hydrogen-bond donors (Lipinski definition) is 9. The molecule has 0 bridgehead atoms. The summed E-state index contributed by atoms with van der Waals surface area (Å²) in [5, 5.41) is 35.9. The molecule has 452 valence electrons. The lowest BCUT2D eigenvalue weighted by Gasteiger charge is -2.47. The van der Waals surface area contributed by atoms with Gasteiger partial charge in [-0.15, -0.1) is 0 Å². The van der Waals surface area contributed by atoms with Crippen LogP contribution in [0.5, 0.6) is 17.2 Å². The Bertz CT molecular complexity index is 3210. The van der Waals surface area contributed by atoms with Gasteiger partial charge in [-0.05, 0) is 126 Å². The van der Waals surface area contributed by atoms with Crippen molar-refractivity contribution in [1.29, 1.82) is 0 Å². The van der Waals surface area contributed by atoms with Gasteiger partial charge >= 0.3 is 17.7 Å². The number of aliphatic hydroxyl groups is 1. The van der Waals surface area contributed by atoms with Crippen LogP contribution in [0.15, 0.2) is 87.6 Å². The predicted molar refractivity (Wildman–Crippen MR) is 307 cm³/mol. The number of rotatable bonds is 27. The number of benzene rings is 3. The topological polar surface area (TPSA) is 369 Å². The number of aryl methyl sites for hydroxylation is 1. The molecule has 9 amide bonds. The highest BCUT2D eigenvalue weighted by Crippen LogP contribution is 2.39. The molecule has 0 spiro atoms. The van der Waals surface area contributed by atoms with E-state index >= 15 is 0 Å². The quantitative estimate of drug-likeness (QED) is 0.0164. The Morgan fingerprint density at radius 3 is 2.20 bits per heavy atom. The van der Waals surface area contributed by atoms with Crippen molar-refractivity contribution in [3.8, 4) is 17.2 Å². The molecule has 6 rings (SSSR count). The Morgan fingerprint density at radius 1 is 0.869 bits per heavy atom. The largest absolute Gasteiger partial charge is 0.505 e. The Kier molecular flexibility index (Phi) is 22.2. The van der Waals surface area contributed by atoms with Crippen molar-refractivity contribution < 1.29 is 76.7 Å². The predicted octanol–water partition coefficient (Wildman–Crippen LogP) is 5.00. The first-order chi connectivity index (χ1) is 39.8. The van der Waals surface area contributed by atoms with Gasteiger partial charge in [-0.3, -0.25) is 33.7 Å².